The highest BCUT2D eigenvalue weighted by molar-refractivity contribution is 14.0. The van der Waals surface area contributed by atoms with E-state index in [1.54, 1.807) is 0 Å². The normalized spacial score (nSPS) is 27.8. The molecule has 2 atom stereocenters. The van der Waals surface area contributed by atoms with Gasteiger partial charge in [-0.1, -0.05) is 26.7 Å². The van der Waals surface area contributed by atoms with E-state index in [1.807, 2.05) is 0 Å². The molecule has 0 bridgehead atoms. The molecular formula is C20H39IN4. The number of rotatable bonds is 7. The van der Waals surface area contributed by atoms with E-state index in [2.05, 4.69) is 35.9 Å². The number of hydrogen-bond donors (Lipinski definition) is 1. The molecule has 1 N–H and O–H groups in total. The number of aliphatic imine (C=N–C) groups is 1. The smallest absolute Gasteiger partial charge is 0.193 e. The first-order valence-electron chi connectivity index (χ1n) is 10.5. The summed E-state index contributed by atoms with van der Waals surface area (Å²) in [5, 5.41) is 3.55. The predicted molar refractivity (Wildman–Crippen MR) is 118 cm³/mol. The summed E-state index contributed by atoms with van der Waals surface area (Å²) in [7, 11) is 0. The van der Waals surface area contributed by atoms with Crippen LogP contribution in [0.3, 0.4) is 0 Å². The molecule has 3 aliphatic rings. The Hall–Kier alpha value is -0.0400. The van der Waals surface area contributed by atoms with E-state index in [1.165, 1.54) is 70.7 Å². The fraction of sp³-hybridized carbons (Fsp3) is 0.950. The SMILES string of the molecule is CCNC(=NCC1CCN(C2CC2)C1)N1CCC(C(CC)CC)C1.I. The zero-order chi connectivity index (χ0) is 16.9. The van der Waals surface area contributed by atoms with Crippen molar-refractivity contribution >= 4 is 29.9 Å². The Morgan fingerprint density at radius 1 is 1.04 bits per heavy atom. The third-order valence-electron chi connectivity index (χ3n) is 6.45. The lowest BCUT2D eigenvalue weighted by atomic mass is 9.87. The van der Waals surface area contributed by atoms with E-state index in [-0.39, 0.29) is 24.0 Å². The molecule has 0 radical (unpaired) electrons. The van der Waals surface area contributed by atoms with Crippen LogP contribution in [0, 0.1) is 17.8 Å². The molecule has 1 aliphatic carbocycles. The van der Waals surface area contributed by atoms with Gasteiger partial charge in [-0.2, -0.15) is 0 Å². The topological polar surface area (TPSA) is 30.9 Å². The molecule has 5 heteroatoms. The molecule has 0 spiro atoms. The van der Waals surface area contributed by atoms with E-state index in [4.69, 9.17) is 4.99 Å². The lowest BCUT2D eigenvalue weighted by Gasteiger charge is -2.24. The summed E-state index contributed by atoms with van der Waals surface area (Å²) in [5.74, 6) is 3.70. The Bertz CT molecular complexity index is 420. The zero-order valence-corrected chi connectivity index (χ0v) is 18.9. The second-order valence-electron chi connectivity index (χ2n) is 8.15. The van der Waals surface area contributed by atoms with Crippen molar-refractivity contribution in [1.29, 1.82) is 0 Å². The Labute approximate surface area is 172 Å². The largest absolute Gasteiger partial charge is 0.357 e. The van der Waals surface area contributed by atoms with Gasteiger partial charge in [0.25, 0.3) is 0 Å². The van der Waals surface area contributed by atoms with Crippen molar-refractivity contribution in [2.75, 3.05) is 39.3 Å². The van der Waals surface area contributed by atoms with E-state index in [0.717, 1.165) is 36.9 Å². The van der Waals surface area contributed by atoms with Gasteiger partial charge in [0.15, 0.2) is 5.96 Å². The molecule has 2 saturated heterocycles. The van der Waals surface area contributed by atoms with Crippen molar-refractivity contribution in [2.24, 2.45) is 22.7 Å². The summed E-state index contributed by atoms with van der Waals surface area (Å²) in [6, 6.07) is 0.923. The van der Waals surface area contributed by atoms with Crippen LogP contribution in [0.2, 0.25) is 0 Å². The minimum Gasteiger partial charge on any atom is -0.357 e. The quantitative estimate of drug-likeness (QED) is 0.355. The standard InChI is InChI=1S/C20H38N4.HI/c1-4-17(5-2)18-10-12-24(15-18)20(21-6-3)22-13-16-9-11-23(14-16)19-7-8-19;/h16-19H,4-15H2,1-3H3,(H,21,22);1H. The van der Waals surface area contributed by atoms with Gasteiger partial charge in [-0.05, 0) is 56.9 Å². The first kappa shape index (κ1) is 21.3. The first-order chi connectivity index (χ1) is 11.7. The molecule has 2 aliphatic heterocycles. The van der Waals surface area contributed by atoms with Crippen molar-refractivity contribution in [3.63, 3.8) is 0 Å². The van der Waals surface area contributed by atoms with Crippen LogP contribution in [-0.2, 0) is 0 Å². The molecule has 4 nitrogen and oxygen atoms in total. The Morgan fingerprint density at radius 2 is 1.80 bits per heavy atom. The molecule has 0 aromatic rings. The molecule has 0 amide bonds. The van der Waals surface area contributed by atoms with Crippen LogP contribution in [0.1, 0.15) is 59.3 Å². The third-order valence-corrected chi connectivity index (χ3v) is 6.45. The Morgan fingerprint density at radius 3 is 2.44 bits per heavy atom. The van der Waals surface area contributed by atoms with Crippen molar-refractivity contribution in [3.8, 4) is 0 Å². The van der Waals surface area contributed by atoms with Crippen LogP contribution in [0.25, 0.3) is 0 Å². The molecule has 0 aromatic carbocycles. The Balaban J connectivity index is 0.00000225. The minimum absolute atomic E-state index is 0. The summed E-state index contributed by atoms with van der Waals surface area (Å²) in [6.07, 6.45) is 8.20. The van der Waals surface area contributed by atoms with Gasteiger partial charge in [0.2, 0.25) is 0 Å². The van der Waals surface area contributed by atoms with Gasteiger partial charge in [-0.3, -0.25) is 4.99 Å². The molecule has 3 fully saturated rings. The summed E-state index contributed by atoms with van der Waals surface area (Å²) in [4.78, 5) is 10.3. The fourth-order valence-corrected chi connectivity index (χ4v) is 4.74. The van der Waals surface area contributed by atoms with Gasteiger partial charge in [-0.15, -0.1) is 24.0 Å². The van der Waals surface area contributed by atoms with Crippen LogP contribution in [0.5, 0.6) is 0 Å². The molecule has 25 heavy (non-hydrogen) atoms. The lowest BCUT2D eigenvalue weighted by molar-refractivity contribution is 0.314. The average molecular weight is 462 g/mol. The van der Waals surface area contributed by atoms with E-state index in [9.17, 15) is 0 Å². The monoisotopic (exact) mass is 462 g/mol. The molecule has 146 valence electrons. The van der Waals surface area contributed by atoms with Crippen LogP contribution < -0.4 is 5.32 Å². The van der Waals surface area contributed by atoms with Crippen LogP contribution >= 0.6 is 24.0 Å². The van der Waals surface area contributed by atoms with Crippen molar-refractivity contribution in [1.82, 2.24) is 15.1 Å². The summed E-state index contributed by atoms with van der Waals surface area (Å²) in [6.45, 7) is 13.9. The molecule has 2 unspecified atom stereocenters. The van der Waals surface area contributed by atoms with Gasteiger partial charge < -0.3 is 15.1 Å². The second-order valence-corrected chi connectivity index (χ2v) is 8.15. The van der Waals surface area contributed by atoms with E-state index < -0.39 is 0 Å². The van der Waals surface area contributed by atoms with Crippen LogP contribution in [-0.4, -0.2) is 61.1 Å². The Kier molecular flexibility index (Phi) is 8.79. The number of nitrogens with zero attached hydrogens (tertiary/aromatic N) is 3. The maximum absolute atomic E-state index is 5.04. The highest BCUT2D eigenvalue weighted by atomic mass is 127. The second kappa shape index (κ2) is 10.3. The zero-order valence-electron chi connectivity index (χ0n) is 16.5. The number of guanidine groups is 1. The van der Waals surface area contributed by atoms with Crippen LogP contribution in [0.4, 0.5) is 0 Å². The first-order valence-corrected chi connectivity index (χ1v) is 10.5. The van der Waals surface area contributed by atoms with Crippen molar-refractivity contribution < 1.29 is 0 Å². The molecule has 0 aromatic heterocycles. The van der Waals surface area contributed by atoms with Gasteiger partial charge in [0.1, 0.15) is 0 Å². The van der Waals surface area contributed by atoms with Gasteiger partial charge >= 0.3 is 0 Å². The van der Waals surface area contributed by atoms with Crippen molar-refractivity contribution in [3.05, 3.63) is 0 Å². The van der Waals surface area contributed by atoms with Gasteiger partial charge in [-0.25, -0.2) is 0 Å². The molecule has 1 saturated carbocycles. The molecule has 2 heterocycles. The summed E-state index contributed by atoms with van der Waals surface area (Å²) in [5.41, 5.74) is 0. The number of likely N-dealkylation sites (tertiary alicyclic amines) is 2. The van der Waals surface area contributed by atoms with E-state index in [0.29, 0.717) is 0 Å². The highest BCUT2D eigenvalue weighted by Gasteiger charge is 2.34. The third kappa shape index (κ3) is 5.72. The fourth-order valence-electron chi connectivity index (χ4n) is 4.74. The minimum atomic E-state index is 0. The molecular weight excluding hydrogens is 423 g/mol. The predicted octanol–water partition coefficient (Wildman–Crippen LogP) is 3.81. The highest BCUT2D eigenvalue weighted by Crippen LogP contribution is 2.32. The van der Waals surface area contributed by atoms with E-state index >= 15 is 0 Å². The number of nitrogens with one attached hydrogen (secondary N) is 1. The van der Waals surface area contributed by atoms with Gasteiger partial charge in [0, 0.05) is 38.8 Å². The average Bonchev–Trinajstić information content (AvgIpc) is 3.14. The number of halogens is 1. The number of hydrogen-bond acceptors (Lipinski definition) is 2. The van der Waals surface area contributed by atoms with Crippen LogP contribution in [0.15, 0.2) is 4.99 Å². The lowest BCUT2D eigenvalue weighted by Crippen LogP contribution is -2.40. The summed E-state index contributed by atoms with van der Waals surface area (Å²) < 4.78 is 0. The maximum Gasteiger partial charge on any atom is 0.193 e. The van der Waals surface area contributed by atoms with Crippen molar-refractivity contribution in [2.45, 2.75) is 65.3 Å². The van der Waals surface area contributed by atoms with Gasteiger partial charge in [0.05, 0.1) is 0 Å². The molecule has 3 rings (SSSR count). The maximum atomic E-state index is 5.04. The summed E-state index contributed by atoms with van der Waals surface area (Å²) >= 11 is 0.